The van der Waals surface area contributed by atoms with Gasteiger partial charge in [-0.1, -0.05) is 0 Å². The Bertz CT molecular complexity index is 794. The van der Waals surface area contributed by atoms with E-state index in [1.165, 1.54) is 0 Å². The molecular formula is C15H17N5O. The van der Waals surface area contributed by atoms with Gasteiger partial charge in [0.1, 0.15) is 0 Å². The maximum absolute atomic E-state index is 5.37. The zero-order valence-corrected chi connectivity index (χ0v) is 12.5. The average molecular weight is 283 g/mol. The number of fused-ring (bicyclic) bond motifs is 1. The summed E-state index contributed by atoms with van der Waals surface area (Å²) < 4.78 is 7.37. The van der Waals surface area contributed by atoms with Crippen molar-refractivity contribution < 1.29 is 4.74 Å². The first-order valence-electron chi connectivity index (χ1n) is 6.80. The van der Waals surface area contributed by atoms with Crippen LogP contribution < -0.4 is 4.74 Å². The van der Waals surface area contributed by atoms with Gasteiger partial charge in [-0.05, 0) is 32.4 Å². The minimum absolute atomic E-state index is 0.262. The van der Waals surface area contributed by atoms with Gasteiger partial charge in [0, 0.05) is 24.0 Å². The van der Waals surface area contributed by atoms with Gasteiger partial charge in [-0.25, -0.2) is 9.97 Å². The van der Waals surface area contributed by atoms with Crippen molar-refractivity contribution >= 4 is 11.2 Å². The Morgan fingerprint density at radius 2 is 2.00 bits per heavy atom. The predicted molar refractivity (Wildman–Crippen MR) is 80.2 cm³/mol. The van der Waals surface area contributed by atoms with Crippen LogP contribution in [0.15, 0.2) is 24.8 Å². The second kappa shape index (κ2) is 5.12. The van der Waals surface area contributed by atoms with Crippen LogP contribution in [0, 0.1) is 6.92 Å². The van der Waals surface area contributed by atoms with E-state index in [2.05, 4.69) is 33.8 Å². The number of hydrogen-bond acceptors (Lipinski definition) is 5. The molecule has 6 heteroatoms. The third-order valence-electron chi connectivity index (χ3n) is 3.27. The predicted octanol–water partition coefficient (Wildman–Crippen LogP) is 2.79. The fraction of sp³-hybridized carbons (Fsp3) is 0.333. The molecule has 0 fully saturated rings. The highest BCUT2D eigenvalue weighted by molar-refractivity contribution is 5.79. The average Bonchev–Trinajstić information content (AvgIpc) is 2.90. The first-order chi connectivity index (χ1) is 10.1. The summed E-state index contributed by atoms with van der Waals surface area (Å²) in [5, 5.41) is 0. The Morgan fingerprint density at radius 1 is 1.19 bits per heavy atom. The molecule has 0 radical (unpaired) electrons. The van der Waals surface area contributed by atoms with E-state index in [1.807, 2.05) is 17.6 Å². The molecule has 108 valence electrons. The first-order valence-corrected chi connectivity index (χ1v) is 6.80. The van der Waals surface area contributed by atoms with E-state index in [0.29, 0.717) is 17.2 Å². The molecule has 0 aromatic carbocycles. The fourth-order valence-corrected chi connectivity index (χ4v) is 2.22. The third kappa shape index (κ3) is 2.33. The van der Waals surface area contributed by atoms with E-state index in [0.717, 1.165) is 16.8 Å². The third-order valence-corrected chi connectivity index (χ3v) is 3.27. The summed E-state index contributed by atoms with van der Waals surface area (Å²) in [5.74, 6) is 1.08. The summed E-state index contributed by atoms with van der Waals surface area (Å²) in [7, 11) is 1.59. The van der Waals surface area contributed by atoms with E-state index in [4.69, 9.17) is 4.74 Å². The highest BCUT2D eigenvalue weighted by Crippen LogP contribution is 2.26. The highest BCUT2D eigenvalue weighted by Gasteiger charge is 2.16. The fourth-order valence-electron chi connectivity index (χ4n) is 2.22. The molecule has 3 rings (SSSR count). The van der Waals surface area contributed by atoms with Crippen LogP contribution in [0.3, 0.4) is 0 Å². The molecule has 0 saturated carbocycles. The van der Waals surface area contributed by atoms with E-state index in [1.54, 1.807) is 25.8 Å². The lowest BCUT2D eigenvalue weighted by atomic mass is 10.2. The zero-order chi connectivity index (χ0) is 15.0. The van der Waals surface area contributed by atoms with Crippen molar-refractivity contribution in [3.63, 3.8) is 0 Å². The molecule has 6 nitrogen and oxygen atoms in total. The molecule has 0 N–H and O–H groups in total. The summed E-state index contributed by atoms with van der Waals surface area (Å²) in [5.41, 5.74) is 3.38. The number of rotatable bonds is 3. The molecule has 0 bridgehead atoms. The molecule has 3 aromatic rings. The number of pyridine rings is 1. The van der Waals surface area contributed by atoms with Gasteiger partial charge in [-0.3, -0.25) is 4.98 Å². The summed E-state index contributed by atoms with van der Waals surface area (Å²) in [4.78, 5) is 17.7. The van der Waals surface area contributed by atoms with Crippen molar-refractivity contribution in [3.05, 3.63) is 30.4 Å². The lowest BCUT2D eigenvalue weighted by Gasteiger charge is -2.09. The largest absolute Gasteiger partial charge is 0.479 e. The number of nitrogens with zero attached hydrogens (tertiary/aromatic N) is 5. The molecule has 0 saturated heterocycles. The van der Waals surface area contributed by atoms with Gasteiger partial charge in [-0.2, -0.15) is 4.98 Å². The SMILES string of the molecule is COc1nc(-c2cncc(C)c2)nc2c1ncn2C(C)C. The normalized spacial score (nSPS) is 11.3. The van der Waals surface area contributed by atoms with Crippen molar-refractivity contribution in [2.45, 2.75) is 26.8 Å². The number of ether oxygens (including phenoxy) is 1. The Kier molecular flexibility index (Phi) is 3.29. The van der Waals surface area contributed by atoms with Crippen LogP contribution in [0.4, 0.5) is 0 Å². The van der Waals surface area contributed by atoms with Gasteiger partial charge in [0.05, 0.1) is 13.4 Å². The molecule has 3 aromatic heterocycles. The van der Waals surface area contributed by atoms with Crippen molar-refractivity contribution in [1.29, 1.82) is 0 Å². The van der Waals surface area contributed by atoms with Gasteiger partial charge in [0.25, 0.3) is 0 Å². The lowest BCUT2D eigenvalue weighted by Crippen LogP contribution is -2.02. The molecular weight excluding hydrogens is 266 g/mol. The summed E-state index contributed by atoms with van der Waals surface area (Å²) in [6.45, 7) is 6.16. The highest BCUT2D eigenvalue weighted by atomic mass is 16.5. The smallest absolute Gasteiger partial charge is 0.245 e. The van der Waals surface area contributed by atoms with Crippen molar-refractivity contribution in [3.8, 4) is 17.3 Å². The van der Waals surface area contributed by atoms with E-state index in [-0.39, 0.29) is 6.04 Å². The number of hydrogen-bond donors (Lipinski definition) is 0. The van der Waals surface area contributed by atoms with Crippen molar-refractivity contribution in [2.24, 2.45) is 0 Å². The Morgan fingerprint density at radius 3 is 2.67 bits per heavy atom. The van der Waals surface area contributed by atoms with Crippen LogP contribution in [0.1, 0.15) is 25.5 Å². The monoisotopic (exact) mass is 283 g/mol. The maximum Gasteiger partial charge on any atom is 0.245 e. The van der Waals surface area contributed by atoms with Gasteiger partial charge < -0.3 is 9.30 Å². The molecule has 0 atom stereocenters. The maximum atomic E-state index is 5.37. The second-order valence-corrected chi connectivity index (χ2v) is 5.23. The first kappa shape index (κ1) is 13.5. The molecule has 3 heterocycles. The minimum Gasteiger partial charge on any atom is -0.479 e. The summed E-state index contributed by atoms with van der Waals surface area (Å²) >= 11 is 0. The minimum atomic E-state index is 0.262. The lowest BCUT2D eigenvalue weighted by molar-refractivity contribution is 0.402. The Labute approximate surface area is 122 Å². The van der Waals surface area contributed by atoms with Crippen LogP contribution in [0.5, 0.6) is 5.88 Å². The molecule has 21 heavy (non-hydrogen) atoms. The van der Waals surface area contributed by atoms with E-state index >= 15 is 0 Å². The topological polar surface area (TPSA) is 65.7 Å². The molecule has 0 unspecified atom stereocenters. The van der Waals surface area contributed by atoms with Crippen LogP contribution >= 0.6 is 0 Å². The molecule has 0 amide bonds. The van der Waals surface area contributed by atoms with Crippen LogP contribution in [0.25, 0.3) is 22.6 Å². The summed E-state index contributed by atoms with van der Waals surface area (Å²) in [6.07, 6.45) is 5.33. The molecule has 0 aliphatic rings. The van der Waals surface area contributed by atoms with Crippen molar-refractivity contribution in [1.82, 2.24) is 24.5 Å². The Hall–Kier alpha value is -2.50. The van der Waals surface area contributed by atoms with Crippen LogP contribution in [-0.2, 0) is 0 Å². The summed E-state index contributed by atoms with van der Waals surface area (Å²) in [6, 6.07) is 2.27. The van der Waals surface area contributed by atoms with E-state index < -0.39 is 0 Å². The molecule has 0 aliphatic carbocycles. The van der Waals surface area contributed by atoms with E-state index in [9.17, 15) is 0 Å². The van der Waals surface area contributed by atoms with Gasteiger partial charge in [-0.15, -0.1) is 0 Å². The molecule has 0 aliphatic heterocycles. The number of imidazole rings is 1. The number of aromatic nitrogens is 5. The molecule has 0 spiro atoms. The van der Waals surface area contributed by atoms with Gasteiger partial charge >= 0.3 is 0 Å². The quantitative estimate of drug-likeness (QED) is 0.739. The standard InChI is InChI=1S/C15H17N5O/c1-9(2)20-8-17-12-14(20)18-13(19-15(12)21-4)11-5-10(3)6-16-7-11/h5-9H,1-4H3. The number of methoxy groups -OCH3 is 1. The van der Waals surface area contributed by atoms with Gasteiger partial charge in [0.15, 0.2) is 17.0 Å². The Balaban J connectivity index is 2.26. The van der Waals surface area contributed by atoms with Crippen LogP contribution in [0.2, 0.25) is 0 Å². The second-order valence-electron chi connectivity index (χ2n) is 5.23. The van der Waals surface area contributed by atoms with Gasteiger partial charge in [0.2, 0.25) is 5.88 Å². The number of aryl methyl sites for hydroxylation is 1. The van der Waals surface area contributed by atoms with Crippen molar-refractivity contribution in [2.75, 3.05) is 7.11 Å². The van der Waals surface area contributed by atoms with Crippen LogP contribution in [-0.4, -0.2) is 31.6 Å². The zero-order valence-electron chi connectivity index (χ0n) is 12.5.